The van der Waals surface area contributed by atoms with Crippen LogP contribution < -0.4 is 0 Å². The van der Waals surface area contributed by atoms with Gasteiger partial charge in [-0.1, -0.05) is 38.5 Å². The summed E-state index contributed by atoms with van der Waals surface area (Å²) in [4.78, 5) is 0. The molecule has 1 saturated carbocycles. The average molecular weight is 182 g/mol. The zero-order valence-corrected chi connectivity index (χ0v) is 8.63. The summed E-state index contributed by atoms with van der Waals surface area (Å²) in [5.74, 6) is 1.99. The predicted molar refractivity (Wildman–Crippen MR) is 54.7 cm³/mol. The van der Waals surface area contributed by atoms with Gasteiger partial charge in [-0.05, 0) is 24.7 Å². The quantitative estimate of drug-likeness (QED) is 0.558. The molecule has 1 heterocycles. The second-order valence-corrected chi connectivity index (χ2v) is 4.74. The summed E-state index contributed by atoms with van der Waals surface area (Å²) in [5.41, 5.74) is 0. The van der Waals surface area contributed by atoms with Crippen molar-refractivity contribution < 1.29 is 4.74 Å². The van der Waals surface area contributed by atoms with Gasteiger partial charge in [-0.2, -0.15) is 0 Å². The van der Waals surface area contributed by atoms with E-state index in [4.69, 9.17) is 4.74 Å². The van der Waals surface area contributed by atoms with E-state index in [-0.39, 0.29) is 0 Å². The highest BCUT2D eigenvalue weighted by atomic mass is 16.5. The summed E-state index contributed by atoms with van der Waals surface area (Å²) >= 11 is 0. The van der Waals surface area contributed by atoms with Gasteiger partial charge in [0, 0.05) is 13.2 Å². The van der Waals surface area contributed by atoms with E-state index in [0.29, 0.717) is 0 Å². The standard InChI is InChI=1S/C12H22O/c1-2-4-6-8-13-10-12-9-11(12)7-5-3-1/h11-12H,1-10H2. The molecule has 0 spiro atoms. The molecule has 0 radical (unpaired) electrons. The zero-order valence-electron chi connectivity index (χ0n) is 8.63. The van der Waals surface area contributed by atoms with E-state index in [2.05, 4.69) is 0 Å². The normalized spacial score (nSPS) is 36.9. The molecule has 0 N–H and O–H groups in total. The van der Waals surface area contributed by atoms with Crippen molar-refractivity contribution in [3.63, 3.8) is 0 Å². The Morgan fingerprint density at radius 2 is 1.54 bits per heavy atom. The minimum atomic E-state index is 0.944. The molecule has 76 valence electrons. The summed E-state index contributed by atoms with van der Waals surface area (Å²) in [6, 6.07) is 0. The molecular weight excluding hydrogens is 160 g/mol. The second kappa shape index (κ2) is 4.99. The lowest BCUT2D eigenvalue weighted by Crippen LogP contribution is -2.01. The van der Waals surface area contributed by atoms with Crippen LogP contribution in [0.4, 0.5) is 0 Å². The first-order chi connectivity index (χ1) is 6.47. The van der Waals surface area contributed by atoms with Gasteiger partial charge in [-0.15, -0.1) is 0 Å². The maximum Gasteiger partial charge on any atom is 0.0497 e. The topological polar surface area (TPSA) is 9.23 Å². The summed E-state index contributed by atoms with van der Waals surface area (Å²) in [7, 11) is 0. The van der Waals surface area contributed by atoms with Gasteiger partial charge >= 0.3 is 0 Å². The van der Waals surface area contributed by atoms with Crippen LogP contribution >= 0.6 is 0 Å². The highest BCUT2D eigenvalue weighted by Crippen LogP contribution is 2.42. The average Bonchev–Trinajstić information content (AvgIpc) is 2.83. The van der Waals surface area contributed by atoms with E-state index in [9.17, 15) is 0 Å². The number of ether oxygens (including phenoxy) is 1. The third-order valence-electron chi connectivity index (χ3n) is 3.51. The number of hydrogen-bond acceptors (Lipinski definition) is 1. The third kappa shape index (κ3) is 3.30. The fraction of sp³-hybridized carbons (Fsp3) is 1.00. The lowest BCUT2D eigenvalue weighted by Gasteiger charge is -2.06. The van der Waals surface area contributed by atoms with Crippen LogP contribution in [-0.4, -0.2) is 13.2 Å². The Kier molecular flexibility index (Phi) is 3.65. The van der Waals surface area contributed by atoms with Crippen LogP contribution in [0.5, 0.6) is 0 Å². The van der Waals surface area contributed by atoms with Gasteiger partial charge in [0.2, 0.25) is 0 Å². The fourth-order valence-electron chi connectivity index (χ4n) is 2.42. The Bertz CT molecular complexity index is 128. The van der Waals surface area contributed by atoms with Crippen LogP contribution in [0.3, 0.4) is 0 Å². The van der Waals surface area contributed by atoms with E-state index in [0.717, 1.165) is 25.0 Å². The highest BCUT2D eigenvalue weighted by molar-refractivity contribution is 4.85. The van der Waals surface area contributed by atoms with Crippen molar-refractivity contribution in [1.82, 2.24) is 0 Å². The fourth-order valence-corrected chi connectivity index (χ4v) is 2.42. The van der Waals surface area contributed by atoms with Crippen molar-refractivity contribution in [1.29, 1.82) is 0 Å². The summed E-state index contributed by atoms with van der Waals surface area (Å²) in [6.07, 6.45) is 11.4. The number of rotatable bonds is 0. The van der Waals surface area contributed by atoms with Crippen LogP contribution in [0, 0.1) is 11.8 Å². The van der Waals surface area contributed by atoms with Gasteiger partial charge in [0.25, 0.3) is 0 Å². The van der Waals surface area contributed by atoms with E-state index < -0.39 is 0 Å². The Morgan fingerprint density at radius 3 is 2.46 bits per heavy atom. The molecule has 1 nitrogen and oxygen atoms in total. The van der Waals surface area contributed by atoms with Crippen LogP contribution in [-0.2, 0) is 4.74 Å². The van der Waals surface area contributed by atoms with E-state index >= 15 is 0 Å². The van der Waals surface area contributed by atoms with E-state index in [1.54, 1.807) is 0 Å². The molecule has 2 fully saturated rings. The molecular formula is C12H22O. The first kappa shape index (κ1) is 9.51. The van der Waals surface area contributed by atoms with Gasteiger partial charge in [0.15, 0.2) is 0 Å². The molecule has 0 amide bonds. The minimum absolute atomic E-state index is 0.944. The van der Waals surface area contributed by atoms with Gasteiger partial charge in [-0.25, -0.2) is 0 Å². The van der Waals surface area contributed by atoms with E-state index in [1.807, 2.05) is 0 Å². The first-order valence-corrected chi connectivity index (χ1v) is 6.04. The molecule has 13 heavy (non-hydrogen) atoms. The molecule has 2 atom stereocenters. The van der Waals surface area contributed by atoms with Crippen molar-refractivity contribution in [3.8, 4) is 0 Å². The molecule has 2 aliphatic rings. The summed E-state index contributed by atoms with van der Waals surface area (Å²) < 4.78 is 5.66. The van der Waals surface area contributed by atoms with Crippen LogP contribution in [0.15, 0.2) is 0 Å². The zero-order chi connectivity index (χ0) is 8.93. The van der Waals surface area contributed by atoms with Gasteiger partial charge in [0.05, 0.1) is 0 Å². The van der Waals surface area contributed by atoms with Crippen LogP contribution in [0.2, 0.25) is 0 Å². The molecule has 2 rings (SSSR count). The SMILES string of the molecule is C1CCCCC2CC2COCCC1. The van der Waals surface area contributed by atoms with Crippen LogP contribution in [0.1, 0.15) is 51.4 Å². The Hall–Kier alpha value is -0.0400. The predicted octanol–water partition coefficient (Wildman–Crippen LogP) is 3.38. The number of fused-ring (bicyclic) bond motifs is 1. The molecule has 1 saturated heterocycles. The van der Waals surface area contributed by atoms with Crippen molar-refractivity contribution >= 4 is 0 Å². The minimum Gasteiger partial charge on any atom is -0.381 e. The maximum absolute atomic E-state index is 5.66. The molecule has 0 bridgehead atoms. The molecule has 2 unspecified atom stereocenters. The summed E-state index contributed by atoms with van der Waals surface area (Å²) in [5, 5.41) is 0. The Balaban J connectivity index is 1.66. The summed E-state index contributed by atoms with van der Waals surface area (Å²) in [6.45, 7) is 2.08. The van der Waals surface area contributed by atoms with Crippen molar-refractivity contribution in [2.75, 3.05) is 13.2 Å². The van der Waals surface area contributed by atoms with Crippen molar-refractivity contribution in [2.24, 2.45) is 11.8 Å². The van der Waals surface area contributed by atoms with Gasteiger partial charge in [0.1, 0.15) is 0 Å². The third-order valence-corrected chi connectivity index (χ3v) is 3.51. The molecule has 0 aromatic heterocycles. The lowest BCUT2D eigenvalue weighted by atomic mass is 10.1. The Labute approximate surface area is 81.9 Å². The van der Waals surface area contributed by atoms with Crippen LogP contribution in [0.25, 0.3) is 0 Å². The largest absolute Gasteiger partial charge is 0.381 e. The van der Waals surface area contributed by atoms with E-state index in [1.165, 1.54) is 51.4 Å². The van der Waals surface area contributed by atoms with Gasteiger partial charge < -0.3 is 4.74 Å². The maximum atomic E-state index is 5.66. The molecule has 1 heteroatoms. The monoisotopic (exact) mass is 182 g/mol. The first-order valence-electron chi connectivity index (χ1n) is 6.04. The number of hydrogen-bond donors (Lipinski definition) is 0. The van der Waals surface area contributed by atoms with Gasteiger partial charge in [-0.3, -0.25) is 0 Å². The van der Waals surface area contributed by atoms with Crippen molar-refractivity contribution in [2.45, 2.75) is 51.4 Å². The second-order valence-electron chi connectivity index (χ2n) is 4.74. The van der Waals surface area contributed by atoms with Crippen molar-refractivity contribution in [3.05, 3.63) is 0 Å². The molecule has 1 aliphatic carbocycles. The Morgan fingerprint density at radius 1 is 0.769 bits per heavy atom. The smallest absolute Gasteiger partial charge is 0.0497 e. The molecule has 0 aromatic carbocycles. The lowest BCUT2D eigenvalue weighted by molar-refractivity contribution is 0.116. The molecule has 0 aromatic rings. The highest BCUT2D eigenvalue weighted by Gasteiger charge is 2.35. The molecule has 1 aliphatic heterocycles.